The smallest absolute Gasteiger partial charge is 0.119 e. The van der Waals surface area contributed by atoms with Crippen molar-refractivity contribution >= 4 is 15.9 Å². The summed E-state index contributed by atoms with van der Waals surface area (Å²) < 4.78 is 6.75. The Hall–Kier alpha value is -0.540. The third-order valence-corrected chi connectivity index (χ3v) is 3.04. The number of benzene rings is 1. The monoisotopic (exact) mass is 271 g/mol. The second kappa shape index (κ2) is 6.85. The summed E-state index contributed by atoms with van der Waals surface area (Å²) in [5.41, 5.74) is 1.21. The second-order valence-electron chi connectivity index (χ2n) is 3.47. The average Bonchev–Trinajstić information content (AvgIpc) is 2.23. The van der Waals surface area contributed by atoms with Gasteiger partial charge in [-0.05, 0) is 50.2 Å². The molecule has 1 N–H and O–H groups in total. The second-order valence-corrected chi connectivity index (χ2v) is 4.32. The van der Waals surface area contributed by atoms with Crippen LogP contribution in [-0.2, 0) is 0 Å². The summed E-state index contributed by atoms with van der Waals surface area (Å²) >= 11 is 3.47. The van der Waals surface area contributed by atoms with E-state index in [0.29, 0.717) is 0 Å². The number of hydrogen-bond donors (Lipinski definition) is 1. The Morgan fingerprint density at radius 2 is 2.20 bits per heavy atom. The van der Waals surface area contributed by atoms with E-state index < -0.39 is 0 Å². The van der Waals surface area contributed by atoms with Crippen LogP contribution in [-0.4, -0.2) is 19.7 Å². The SMILES string of the molecule is CCNCCCOc1ccc(Br)c(C)c1. The van der Waals surface area contributed by atoms with Gasteiger partial charge in [-0.3, -0.25) is 0 Å². The number of nitrogens with one attached hydrogen (secondary N) is 1. The number of ether oxygens (including phenoxy) is 1. The fraction of sp³-hybridized carbons (Fsp3) is 0.500. The van der Waals surface area contributed by atoms with E-state index in [4.69, 9.17) is 4.74 Å². The average molecular weight is 272 g/mol. The molecule has 0 spiro atoms. The summed E-state index contributed by atoms with van der Waals surface area (Å²) in [6.45, 7) is 6.99. The van der Waals surface area contributed by atoms with Crippen LogP contribution in [0.15, 0.2) is 22.7 Å². The molecule has 15 heavy (non-hydrogen) atoms. The number of hydrogen-bond acceptors (Lipinski definition) is 2. The van der Waals surface area contributed by atoms with Gasteiger partial charge >= 0.3 is 0 Å². The van der Waals surface area contributed by atoms with Gasteiger partial charge < -0.3 is 10.1 Å². The molecular weight excluding hydrogens is 254 g/mol. The van der Waals surface area contributed by atoms with Crippen molar-refractivity contribution in [2.45, 2.75) is 20.3 Å². The van der Waals surface area contributed by atoms with Crippen LogP contribution < -0.4 is 10.1 Å². The maximum Gasteiger partial charge on any atom is 0.119 e. The molecule has 0 radical (unpaired) electrons. The lowest BCUT2D eigenvalue weighted by molar-refractivity contribution is 0.308. The lowest BCUT2D eigenvalue weighted by Crippen LogP contribution is -2.16. The van der Waals surface area contributed by atoms with Crippen molar-refractivity contribution in [1.29, 1.82) is 0 Å². The molecular formula is C12H18BrNO. The van der Waals surface area contributed by atoms with Crippen LogP contribution in [0.4, 0.5) is 0 Å². The summed E-state index contributed by atoms with van der Waals surface area (Å²) in [4.78, 5) is 0. The highest BCUT2D eigenvalue weighted by molar-refractivity contribution is 9.10. The molecule has 0 atom stereocenters. The molecule has 0 saturated carbocycles. The molecule has 1 aromatic carbocycles. The predicted octanol–water partition coefficient (Wildman–Crippen LogP) is 3.14. The van der Waals surface area contributed by atoms with Crippen molar-refractivity contribution in [3.05, 3.63) is 28.2 Å². The van der Waals surface area contributed by atoms with Gasteiger partial charge in [0.05, 0.1) is 6.61 Å². The Kier molecular flexibility index (Phi) is 5.73. The largest absolute Gasteiger partial charge is 0.494 e. The zero-order chi connectivity index (χ0) is 11.1. The van der Waals surface area contributed by atoms with Gasteiger partial charge in [0.2, 0.25) is 0 Å². The molecule has 3 heteroatoms. The molecule has 1 rings (SSSR count). The van der Waals surface area contributed by atoms with Crippen LogP contribution in [0.5, 0.6) is 5.75 Å². The summed E-state index contributed by atoms with van der Waals surface area (Å²) in [6, 6.07) is 6.07. The van der Waals surface area contributed by atoms with Gasteiger partial charge in [0.25, 0.3) is 0 Å². The molecule has 0 heterocycles. The van der Waals surface area contributed by atoms with Crippen LogP contribution in [0.1, 0.15) is 18.9 Å². The summed E-state index contributed by atoms with van der Waals surface area (Å²) in [5.74, 6) is 0.951. The topological polar surface area (TPSA) is 21.3 Å². The van der Waals surface area contributed by atoms with Gasteiger partial charge in [0.15, 0.2) is 0 Å². The molecule has 0 aliphatic carbocycles. The van der Waals surface area contributed by atoms with E-state index in [1.165, 1.54) is 5.56 Å². The summed E-state index contributed by atoms with van der Waals surface area (Å²) in [5, 5.41) is 3.27. The van der Waals surface area contributed by atoms with Crippen LogP contribution in [0, 0.1) is 6.92 Å². The first kappa shape index (κ1) is 12.5. The highest BCUT2D eigenvalue weighted by atomic mass is 79.9. The standard InChI is InChI=1S/C12H18BrNO/c1-3-14-7-4-8-15-11-5-6-12(13)10(2)9-11/h5-6,9,14H,3-4,7-8H2,1-2H3. The molecule has 84 valence electrons. The van der Waals surface area contributed by atoms with Crippen LogP contribution in [0.25, 0.3) is 0 Å². The van der Waals surface area contributed by atoms with E-state index in [1.807, 2.05) is 12.1 Å². The minimum absolute atomic E-state index is 0.772. The molecule has 0 bridgehead atoms. The molecule has 0 fully saturated rings. The molecule has 0 saturated heterocycles. The van der Waals surface area contributed by atoms with Crippen molar-refractivity contribution in [3.63, 3.8) is 0 Å². The number of halogens is 1. The van der Waals surface area contributed by atoms with Crippen molar-refractivity contribution in [3.8, 4) is 5.75 Å². The maximum absolute atomic E-state index is 5.63. The minimum Gasteiger partial charge on any atom is -0.494 e. The lowest BCUT2D eigenvalue weighted by atomic mass is 10.2. The van der Waals surface area contributed by atoms with Gasteiger partial charge in [0, 0.05) is 4.47 Å². The highest BCUT2D eigenvalue weighted by Gasteiger charge is 1.97. The quantitative estimate of drug-likeness (QED) is 0.803. The Morgan fingerprint density at radius 1 is 1.40 bits per heavy atom. The van der Waals surface area contributed by atoms with E-state index in [1.54, 1.807) is 0 Å². The zero-order valence-electron chi connectivity index (χ0n) is 9.35. The molecule has 0 amide bonds. The fourth-order valence-corrected chi connectivity index (χ4v) is 1.52. The first-order chi connectivity index (χ1) is 7.24. The third kappa shape index (κ3) is 4.67. The molecule has 0 aliphatic heterocycles. The first-order valence-electron chi connectivity index (χ1n) is 5.33. The third-order valence-electron chi connectivity index (χ3n) is 2.15. The van der Waals surface area contributed by atoms with Gasteiger partial charge in [-0.2, -0.15) is 0 Å². The molecule has 0 aromatic heterocycles. The maximum atomic E-state index is 5.63. The van der Waals surface area contributed by atoms with Crippen LogP contribution in [0.3, 0.4) is 0 Å². The molecule has 0 unspecified atom stereocenters. The van der Waals surface area contributed by atoms with Crippen molar-refractivity contribution in [1.82, 2.24) is 5.32 Å². The fourth-order valence-electron chi connectivity index (χ4n) is 1.27. The molecule has 0 aliphatic rings. The van der Waals surface area contributed by atoms with Crippen LogP contribution in [0.2, 0.25) is 0 Å². The minimum atomic E-state index is 0.772. The summed E-state index contributed by atoms with van der Waals surface area (Å²) in [7, 11) is 0. The van der Waals surface area contributed by atoms with Gasteiger partial charge in [-0.15, -0.1) is 0 Å². The van der Waals surface area contributed by atoms with E-state index in [-0.39, 0.29) is 0 Å². The Balaban J connectivity index is 2.28. The van der Waals surface area contributed by atoms with E-state index in [2.05, 4.69) is 41.2 Å². The van der Waals surface area contributed by atoms with Gasteiger partial charge in [-0.1, -0.05) is 22.9 Å². The van der Waals surface area contributed by atoms with Crippen molar-refractivity contribution in [2.24, 2.45) is 0 Å². The number of aryl methyl sites for hydroxylation is 1. The Labute approximate surface area is 100 Å². The van der Waals surface area contributed by atoms with E-state index >= 15 is 0 Å². The first-order valence-corrected chi connectivity index (χ1v) is 6.13. The lowest BCUT2D eigenvalue weighted by Gasteiger charge is -2.07. The van der Waals surface area contributed by atoms with Gasteiger partial charge in [-0.25, -0.2) is 0 Å². The van der Waals surface area contributed by atoms with Crippen molar-refractivity contribution < 1.29 is 4.74 Å². The molecule has 1 aromatic rings. The molecule has 2 nitrogen and oxygen atoms in total. The highest BCUT2D eigenvalue weighted by Crippen LogP contribution is 2.21. The summed E-state index contributed by atoms with van der Waals surface area (Å²) in [6.07, 6.45) is 1.04. The van der Waals surface area contributed by atoms with Crippen LogP contribution >= 0.6 is 15.9 Å². The normalized spacial score (nSPS) is 10.3. The Bertz CT molecular complexity index is 302. The Morgan fingerprint density at radius 3 is 2.87 bits per heavy atom. The predicted molar refractivity (Wildman–Crippen MR) is 67.5 cm³/mol. The van der Waals surface area contributed by atoms with E-state index in [0.717, 1.165) is 36.3 Å². The zero-order valence-corrected chi connectivity index (χ0v) is 10.9. The van der Waals surface area contributed by atoms with Crippen molar-refractivity contribution in [2.75, 3.05) is 19.7 Å². The van der Waals surface area contributed by atoms with E-state index in [9.17, 15) is 0 Å². The number of rotatable bonds is 6. The van der Waals surface area contributed by atoms with Gasteiger partial charge in [0.1, 0.15) is 5.75 Å².